The van der Waals surface area contributed by atoms with Crippen molar-refractivity contribution in [3.63, 3.8) is 0 Å². The fourth-order valence-electron chi connectivity index (χ4n) is 0.975. The van der Waals surface area contributed by atoms with E-state index in [1.54, 1.807) is 18.7 Å². The van der Waals surface area contributed by atoms with Crippen LogP contribution in [0.3, 0.4) is 0 Å². The van der Waals surface area contributed by atoms with Crippen LogP contribution in [0.15, 0.2) is 0 Å². The molecule has 0 saturated carbocycles. The maximum Gasteiger partial charge on any atom is 0.306 e. The van der Waals surface area contributed by atoms with Gasteiger partial charge in [0.1, 0.15) is 5.82 Å². The molecule has 1 aromatic rings. The van der Waals surface area contributed by atoms with Crippen LogP contribution < -0.4 is 0 Å². The van der Waals surface area contributed by atoms with E-state index in [1.807, 2.05) is 6.92 Å². The number of carboxylic acids is 1. The first-order valence-corrected chi connectivity index (χ1v) is 4.10. The Bertz CT molecular complexity index is 300. The van der Waals surface area contributed by atoms with Gasteiger partial charge in [0.25, 0.3) is 0 Å². The lowest BCUT2D eigenvalue weighted by Gasteiger charge is -2.00. The standard InChI is InChI=1S/C8H13N3O2/c1-5(8(12)13)4-7-9-6(2)11(3)10-7/h5H,4H2,1-3H3,(H,12,13). The van der Waals surface area contributed by atoms with Crippen molar-refractivity contribution < 1.29 is 9.90 Å². The van der Waals surface area contributed by atoms with E-state index in [0.717, 1.165) is 5.82 Å². The van der Waals surface area contributed by atoms with E-state index in [0.29, 0.717) is 12.2 Å². The quantitative estimate of drug-likeness (QED) is 0.735. The molecule has 72 valence electrons. The molecule has 5 heteroatoms. The molecule has 0 saturated heterocycles. The van der Waals surface area contributed by atoms with Gasteiger partial charge in [-0.3, -0.25) is 9.48 Å². The molecule has 0 bridgehead atoms. The first-order valence-electron chi connectivity index (χ1n) is 4.10. The van der Waals surface area contributed by atoms with Gasteiger partial charge in [-0.05, 0) is 6.92 Å². The van der Waals surface area contributed by atoms with Crippen LogP contribution in [0.5, 0.6) is 0 Å². The summed E-state index contributed by atoms with van der Waals surface area (Å²) in [6.07, 6.45) is 0.386. The van der Waals surface area contributed by atoms with Crippen LogP contribution >= 0.6 is 0 Å². The van der Waals surface area contributed by atoms with Gasteiger partial charge >= 0.3 is 5.97 Å². The number of aryl methyl sites for hydroxylation is 2. The van der Waals surface area contributed by atoms with Gasteiger partial charge in [0, 0.05) is 13.5 Å². The highest BCUT2D eigenvalue weighted by molar-refractivity contribution is 5.69. The maximum absolute atomic E-state index is 10.5. The summed E-state index contributed by atoms with van der Waals surface area (Å²) in [5, 5.41) is 12.7. The molecule has 0 fully saturated rings. The van der Waals surface area contributed by atoms with Crippen LogP contribution in [-0.4, -0.2) is 25.8 Å². The number of aliphatic carboxylic acids is 1. The van der Waals surface area contributed by atoms with E-state index in [-0.39, 0.29) is 0 Å². The van der Waals surface area contributed by atoms with Crippen LogP contribution in [-0.2, 0) is 18.3 Å². The Hall–Kier alpha value is -1.39. The molecule has 0 radical (unpaired) electrons. The van der Waals surface area contributed by atoms with Crippen molar-refractivity contribution in [1.82, 2.24) is 14.8 Å². The Morgan fingerprint density at radius 3 is 2.69 bits per heavy atom. The summed E-state index contributed by atoms with van der Waals surface area (Å²) in [7, 11) is 1.79. The normalized spacial score (nSPS) is 12.8. The van der Waals surface area contributed by atoms with Crippen LogP contribution in [0.1, 0.15) is 18.6 Å². The molecule has 13 heavy (non-hydrogen) atoms. The lowest BCUT2D eigenvalue weighted by atomic mass is 10.1. The Morgan fingerprint density at radius 1 is 1.69 bits per heavy atom. The van der Waals surface area contributed by atoms with Gasteiger partial charge in [-0.2, -0.15) is 5.10 Å². The molecule has 0 spiro atoms. The smallest absolute Gasteiger partial charge is 0.306 e. The number of rotatable bonds is 3. The Kier molecular flexibility index (Phi) is 2.65. The molecular formula is C8H13N3O2. The summed E-state index contributed by atoms with van der Waals surface area (Å²) in [6.45, 7) is 3.48. The Balaban J connectivity index is 2.69. The number of carboxylic acid groups (broad SMARTS) is 1. The minimum Gasteiger partial charge on any atom is -0.481 e. The van der Waals surface area contributed by atoms with E-state index >= 15 is 0 Å². The van der Waals surface area contributed by atoms with Crippen molar-refractivity contribution in [3.05, 3.63) is 11.6 Å². The predicted molar refractivity (Wildman–Crippen MR) is 46.2 cm³/mol. The van der Waals surface area contributed by atoms with Crippen LogP contribution in [0.2, 0.25) is 0 Å². The van der Waals surface area contributed by atoms with Gasteiger partial charge in [-0.15, -0.1) is 0 Å². The van der Waals surface area contributed by atoms with E-state index in [2.05, 4.69) is 10.1 Å². The number of nitrogens with zero attached hydrogens (tertiary/aromatic N) is 3. The van der Waals surface area contributed by atoms with Crippen LogP contribution in [0.4, 0.5) is 0 Å². The molecule has 1 atom stereocenters. The zero-order valence-corrected chi connectivity index (χ0v) is 7.98. The molecule has 0 aliphatic rings. The van der Waals surface area contributed by atoms with Gasteiger partial charge in [-0.25, -0.2) is 4.98 Å². The van der Waals surface area contributed by atoms with Crippen molar-refractivity contribution in [2.45, 2.75) is 20.3 Å². The van der Waals surface area contributed by atoms with E-state index in [9.17, 15) is 4.79 Å². The van der Waals surface area contributed by atoms with Gasteiger partial charge in [-0.1, -0.05) is 6.92 Å². The lowest BCUT2D eigenvalue weighted by molar-refractivity contribution is -0.141. The average molecular weight is 183 g/mol. The highest BCUT2D eigenvalue weighted by Gasteiger charge is 2.14. The molecule has 1 N–H and O–H groups in total. The number of carbonyl (C=O) groups is 1. The average Bonchev–Trinajstić information content (AvgIpc) is 2.31. The fraction of sp³-hybridized carbons (Fsp3) is 0.625. The highest BCUT2D eigenvalue weighted by Crippen LogP contribution is 2.04. The zero-order chi connectivity index (χ0) is 10.0. The molecular weight excluding hydrogens is 170 g/mol. The topological polar surface area (TPSA) is 68.0 Å². The van der Waals surface area contributed by atoms with Crippen molar-refractivity contribution in [3.8, 4) is 0 Å². The van der Waals surface area contributed by atoms with E-state index < -0.39 is 11.9 Å². The molecule has 0 aromatic carbocycles. The molecule has 0 aliphatic heterocycles. The van der Waals surface area contributed by atoms with Gasteiger partial charge in [0.05, 0.1) is 5.92 Å². The number of hydrogen-bond acceptors (Lipinski definition) is 3. The fourth-order valence-corrected chi connectivity index (χ4v) is 0.975. The van der Waals surface area contributed by atoms with E-state index in [4.69, 9.17) is 5.11 Å². The predicted octanol–water partition coefficient (Wildman–Crippen LogP) is 0.387. The summed E-state index contributed by atoms with van der Waals surface area (Å²) >= 11 is 0. The second-order valence-electron chi connectivity index (χ2n) is 3.14. The summed E-state index contributed by atoms with van der Waals surface area (Å²) in [4.78, 5) is 14.7. The lowest BCUT2D eigenvalue weighted by Crippen LogP contribution is -2.13. The van der Waals surface area contributed by atoms with Gasteiger partial charge in [0.15, 0.2) is 5.82 Å². The Morgan fingerprint density at radius 2 is 2.31 bits per heavy atom. The minimum absolute atomic E-state index is 0.386. The van der Waals surface area contributed by atoms with Gasteiger partial charge in [0.2, 0.25) is 0 Å². The summed E-state index contributed by atoms with van der Waals surface area (Å²) < 4.78 is 1.64. The molecule has 0 aliphatic carbocycles. The van der Waals surface area contributed by atoms with Crippen LogP contribution in [0.25, 0.3) is 0 Å². The molecule has 5 nitrogen and oxygen atoms in total. The first kappa shape index (κ1) is 9.70. The molecule has 0 amide bonds. The molecule has 1 heterocycles. The van der Waals surface area contributed by atoms with Crippen molar-refractivity contribution in [1.29, 1.82) is 0 Å². The number of aromatic nitrogens is 3. The highest BCUT2D eigenvalue weighted by atomic mass is 16.4. The van der Waals surface area contributed by atoms with Crippen LogP contribution in [0, 0.1) is 12.8 Å². The monoisotopic (exact) mass is 183 g/mol. The van der Waals surface area contributed by atoms with E-state index in [1.165, 1.54) is 0 Å². The summed E-state index contributed by atoms with van der Waals surface area (Å²) in [5.41, 5.74) is 0. The largest absolute Gasteiger partial charge is 0.481 e. The van der Waals surface area contributed by atoms with Gasteiger partial charge < -0.3 is 5.11 Å². The second-order valence-corrected chi connectivity index (χ2v) is 3.14. The second kappa shape index (κ2) is 3.55. The molecule has 1 rings (SSSR count). The first-order chi connectivity index (χ1) is 6.00. The third-order valence-corrected chi connectivity index (χ3v) is 1.93. The van der Waals surface area contributed by atoms with Crippen molar-refractivity contribution >= 4 is 5.97 Å². The third kappa shape index (κ3) is 2.27. The Labute approximate surface area is 76.4 Å². The summed E-state index contributed by atoms with van der Waals surface area (Å²) in [5.74, 6) is 0.148. The van der Waals surface area contributed by atoms with Crippen molar-refractivity contribution in [2.24, 2.45) is 13.0 Å². The zero-order valence-electron chi connectivity index (χ0n) is 7.98. The minimum atomic E-state index is -0.815. The molecule has 1 unspecified atom stereocenters. The maximum atomic E-state index is 10.5. The SMILES string of the molecule is Cc1nc(CC(C)C(=O)O)nn1C. The third-order valence-electron chi connectivity index (χ3n) is 1.93. The molecule has 1 aromatic heterocycles. The van der Waals surface area contributed by atoms with Crippen molar-refractivity contribution in [2.75, 3.05) is 0 Å². The summed E-state index contributed by atoms with van der Waals surface area (Å²) in [6, 6.07) is 0. The number of hydrogen-bond donors (Lipinski definition) is 1.